The van der Waals surface area contributed by atoms with Gasteiger partial charge in [0.15, 0.2) is 0 Å². The highest BCUT2D eigenvalue weighted by atomic mass is 15.2. The fraction of sp³-hybridized carbons (Fsp3) is 1.00. The van der Waals surface area contributed by atoms with Gasteiger partial charge in [0.05, 0.1) is 0 Å². The number of hydrogen-bond acceptors (Lipinski definition) is 2. The summed E-state index contributed by atoms with van der Waals surface area (Å²) in [5.41, 5.74) is 0. The van der Waals surface area contributed by atoms with Crippen molar-refractivity contribution >= 4 is 0 Å². The summed E-state index contributed by atoms with van der Waals surface area (Å²) in [6.45, 7) is 11.7. The van der Waals surface area contributed by atoms with E-state index in [0.29, 0.717) is 12.1 Å². The van der Waals surface area contributed by atoms with E-state index in [4.69, 9.17) is 0 Å². The van der Waals surface area contributed by atoms with Crippen LogP contribution in [0.25, 0.3) is 0 Å². The van der Waals surface area contributed by atoms with Crippen molar-refractivity contribution in [1.82, 2.24) is 10.2 Å². The molecule has 2 heteroatoms. The molecule has 116 valence electrons. The van der Waals surface area contributed by atoms with Gasteiger partial charge in [0, 0.05) is 31.2 Å². The van der Waals surface area contributed by atoms with Gasteiger partial charge in [-0.05, 0) is 77.0 Å². The Morgan fingerprint density at radius 1 is 0.950 bits per heavy atom. The van der Waals surface area contributed by atoms with Gasteiger partial charge in [0.1, 0.15) is 0 Å². The normalized spacial score (nSPS) is 39.5. The summed E-state index contributed by atoms with van der Waals surface area (Å²) in [6.07, 6.45) is 7.63. The molecule has 3 aliphatic carbocycles. The monoisotopic (exact) mass is 278 g/mol. The molecule has 2 nitrogen and oxygen atoms in total. The van der Waals surface area contributed by atoms with Gasteiger partial charge in [-0.1, -0.05) is 6.42 Å². The number of nitrogens with zero attached hydrogens (tertiary/aromatic N) is 1. The third kappa shape index (κ3) is 2.66. The molecule has 0 aromatic heterocycles. The van der Waals surface area contributed by atoms with E-state index in [1.807, 2.05) is 0 Å². The first kappa shape index (κ1) is 14.8. The van der Waals surface area contributed by atoms with E-state index in [1.165, 1.54) is 32.4 Å². The van der Waals surface area contributed by atoms with Crippen LogP contribution in [0.15, 0.2) is 0 Å². The lowest BCUT2D eigenvalue weighted by atomic mass is 9.79. The smallest absolute Gasteiger partial charge is 0.0112 e. The SMILES string of the molecule is CC(C)N(CCNC1CC2CC1C1CCCC21)C(C)C. The lowest BCUT2D eigenvalue weighted by Crippen LogP contribution is -2.45. The second-order valence-electron chi connectivity index (χ2n) is 8.14. The van der Waals surface area contributed by atoms with Gasteiger partial charge in [-0.15, -0.1) is 0 Å². The van der Waals surface area contributed by atoms with Crippen LogP contribution in [0.1, 0.15) is 59.8 Å². The maximum absolute atomic E-state index is 3.92. The molecule has 0 radical (unpaired) electrons. The Morgan fingerprint density at radius 2 is 1.65 bits per heavy atom. The highest BCUT2D eigenvalue weighted by Crippen LogP contribution is 2.58. The summed E-state index contributed by atoms with van der Waals surface area (Å²) < 4.78 is 0. The molecule has 3 fully saturated rings. The van der Waals surface area contributed by atoms with Crippen molar-refractivity contribution in [2.75, 3.05) is 13.1 Å². The molecular formula is C18H34N2. The molecule has 0 aromatic rings. The third-order valence-corrected chi connectivity index (χ3v) is 6.53. The van der Waals surface area contributed by atoms with Gasteiger partial charge in [0.2, 0.25) is 0 Å². The van der Waals surface area contributed by atoms with Crippen molar-refractivity contribution in [2.45, 2.75) is 77.9 Å². The van der Waals surface area contributed by atoms with Crippen LogP contribution in [0.5, 0.6) is 0 Å². The fourth-order valence-corrected chi connectivity index (χ4v) is 5.79. The summed E-state index contributed by atoms with van der Waals surface area (Å²) in [5.74, 6) is 4.33. The highest BCUT2D eigenvalue weighted by molar-refractivity contribution is 5.05. The Labute approximate surface area is 125 Å². The van der Waals surface area contributed by atoms with E-state index in [9.17, 15) is 0 Å². The van der Waals surface area contributed by atoms with Crippen molar-refractivity contribution < 1.29 is 0 Å². The molecule has 2 bridgehead atoms. The molecule has 3 rings (SSSR count). The molecular weight excluding hydrogens is 244 g/mol. The number of fused-ring (bicyclic) bond motifs is 5. The Kier molecular flexibility index (Phi) is 4.42. The average Bonchev–Trinajstić information content (AvgIpc) is 3.04. The van der Waals surface area contributed by atoms with Crippen molar-refractivity contribution in [1.29, 1.82) is 0 Å². The van der Waals surface area contributed by atoms with Gasteiger partial charge in [-0.25, -0.2) is 0 Å². The molecule has 3 saturated carbocycles. The minimum Gasteiger partial charge on any atom is -0.312 e. The lowest BCUT2D eigenvalue weighted by Gasteiger charge is -2.34. The topological polar surface area (TPSA) is 15.3 Å². The molecule has 0 aromatic carbocycles. The molecule has 0 amide bonds. The zero-order valence-corrected chi connectivity index (χ0v) is 13.9. The summed E-state index contributed by atoms with van der Waals surface area (Å²) >= 11 is 0. The van der Waals surface area contributed by atoms with E-state index in [0.717, 1.165) is 29.7 Å². The fourth-order valence-electron chi connectivity index (χ4n) is 5.79. The highest BCUT2D eigenvalue weighted by Gasteiger charge is 2.53. The molecule has 0 saturated heterocycles. The van der Waals surface area contributed by atoms with Crippen LogP contribution in [0.3, 0.4) is 0 Å². The number of hydrogen-bond donors (Lipinski definition) is 1. The maximum atomic E-state index is 3.92. The van der Waals surface area contributed by atoms with Gasteiger partial charge in [0.25, 0.3) is 0 Å². The Morgan fingerprint density at radius 3 is 2.35 bits per heavy atom. The average molecular weight is 278 g/mol. The van der Waals surface area contributed by atoms with Crippen LogP contribution in [-0.2, 0) is 0 Å². The lowest BCUT2D eigenvalue weighted by molar-refractivity contribution is 0.162. The first-order chi connectivity index (χ1) is 9.58. The van der Waals surface area contributed by atoms with Crippen LogP contribution in [0.4, 0.5) is 0 Å². The Balaban J connectivity index is 1.46. The van der Waals surface area contributed by atoms with E-state index in [2.05, 4.69) is 37.9 Å². The summed E-state index contributed by atoms with van der Waals surface area (Å²) in [4.78, 5) is 2.61. The predicted molar refractivity (Wildman–Crippen MR) is 85.8 cm³/mol. The molecule has 20 heavy (non-hydrogen) atoms. The largest absolute Gasteiger partial charge is 0.312 e. The Hall–Kier alpha value is -0.0800. The molecule has 0 aliphatic heterocycles. The summed E-state index contributed by atoms with van der Waals surface area (Å²) in [6, 6.07) is 2.17. The van der Waals surface area contributed by atoms with E-state index in [1.54, 1.807) is 12.8 Å². The van der Waals surface area contributed by atoms with Crippen molar-refractivity contribution in [3.8, 4) is 0 Å². The minimum atomic E-state index is 0.663. The van der Waals surface area contributed by atoms with Crippen LogP contribution in [0.2, 0.25) is 0 Å². The zero-order chi connectivity index (χ0) is 14.3. The van der Waals surface area contributed by atoms with E-state index >= 15 is 0 Å². The molecule has 3 aliphatic rings. The van der Waals surface area contributed by atoms with Gasteiger partial charge in [-0.2, -0.15) is 0 Å². The zero-order valence-electron chi connectivity index (χ0n) is 13.9. The standard InChI is InChI=1S/C18H34N2/c1-12(2)20(13(3)4)9-8-19-18-11-14-10-17(18)16-7-5-6-15(14)16/h12-19H,5-11H2,1-4H3. The first-order valence-corrected chi connectivity index (χ1v) is 9.07. The van der Waals surface area contributed by atoms with Gasteiger partial charge < -0.3 is 5.32 Å². The molecule has 0 spiro atoms. The van der Waals surface area contributed by atoms with Crippen LogP contribution < -0.4 is 5.32 Å². The Bertz CT molecular complexity index is 317. The van der Waals surface area contributed by atoms with Crippen molar-refractivity contribution in [3.63, 3.8) is 0 Å². The van der Waals surface area contributed by atoms with E-state index < -0.39 is 0 Å². The van der Waals surface area contributed by atoms with Gasteiger partial charge >= 0.3 is 0 Å². The molecule has 5 unspecified atom stereocenters. The minimum absolute atomic E-state index is 0.663. The molecule has 0 heterocycles. The van der Waals surface area contributed by atoms with E-state index in [-0.39, 0.29) is 0 Å². The maximum Gasteiger partial charge on any atom is 0.0112 e. The van der Waals surface area contributed by atoms with Crippen molar-refractivity contribution in [3.05, 3.63) is 0 Å². The predicted octanol–water partition coefficient (Wildman–Crippen LogP) is 3.52. The summed E-state index contributed by atoms with van der Waals surface area (Å²) in [5, 5.41) is 3.92. The number of rotatable bonds is 6. The quantitative estimate of drug-likeness (QED) is 0.800. The first-order valence-electron chi connectivity index (χ1n) is 9.07. The second kappa shape index (κ2) is 5.96. The van der Waals surface area contributed by atoms with Crippen LogP contribution >= 0.6 is 0 Å². The van der Waals surface area contributed by atoms with Crippen LogP contribution in [-0.4, -0.2) is 36.1 Å². The molecule has 5 atom stereocenters. The van der Waals surface area contributed by atoms with Crippen LogP contribution in [0, 0.1) is 23.7 Å². The summed E-state index contributed by atoms with van der Waals surface area (Å²) in [7, 11) is 0. The molecule has 1 N–H and O–H groups in total. The van der Waals surface area contributed by atoms with Gasteiger partial charge in [-0.3, -0.25) is 4.90 Å². The third-order valence-electron chi connectivity index (χ3n) is 6.53. The second-order valence-corrected chi connectivity index (χ2v) is 8.14. The number of nitrogens with one attached hydrogen (secondary N) is 1. The van der Waals surface area contributed by atoms with Crippen molar-refractivity contribution in [2.24, 2.45) is 23.7 Å².